The van der Waals surface area contributed by atoms with Gasteiger partial charge in [0, 0.05) is 23.7 Å². The van der Waals surface area contributed by atoms with Crippen LogP contribution in [-0.2, 0) is 11.3 Å². The Bertz CT molecular complexity index is 1310. The first-order valence-electron chi connectivity index (χ1n) is 10.3. The normalized spacial score (nSPS) is 11.8. The first-order valence-corrected chi connectivity index (χ1v) is 11.5. The van der Waals surface area contributed by atoms with Gasteiger partial charge in [0.25, 0.3) is 5.91 Å². The van der Waals surface area contributed by atoms with Crippen LogP contribution in [0.1, 0.15) is 22.8 Å². The zero-order chi connectivity index (χ0) is 22.5. The lowest BCUT2D eigenvalue weighted by Gasteiger charge is -2.08. The summed E-state index contributed by atoms with van der Waals surface area (Å²) in [7, 11) is 0. The Labute approximate surface area is 195 Å². The van der Waals surface area contributed by atoms with Gasteiger partial charge in [0.2, 0.25) is 0 Å². The SMILES string of the molecule is CCOCCn1c(=NC(=O)c2cccc(Oc3ccccc3)c2)sc2ccc(Cl)c(C)c21. The zero-order valence-corrected chi connectivity index (χ0v) is 19.4. The number of fused-ring (bicyclic) bond motifs is 1. The van der Waals surface area contributed by atoms with Gasteiger partial charge < -0.3 is 14.0 Å². The van der Waals surface area contributed by atoms with Gasteiger partial charge in [0.05, 0.1) is 16.8 Å². The number of amides is 1. The standard InChI is InChI=1S/C25H23ClN2O3S/c1-3-30-15-14-28-23-17(2)21(26)12-13-22(23)32-25(28)27-24(29)18-8-7-11-20(16-18)31-19-9-5-4-6-10-19/h4-13,16H,3,14-15H2,1-2H3. The van der Waals surface area contributed by atoms with Crippen molar-refractivity contribution in [1.29, 1.82) is 0 Å². The molecule has 0 bridgehead atoms. The molecule has 5 nitrogen and oxygen atoms in total. The summed E-state index contributed by atoms with van der Waals surface area (Å²) in [5.41, 5.74) is 2.40. The highest BCUT2D eigenvalue weighted by atomic mass is 35.5. The highest BCUT2D eigenvalue weighted by Crippen LogP contribution is 2.27. The first-order chi connectivity index (χ1) is 15.6. The maximum absolute atomic E-state index is 13.0. The average Bonchev–Trinajstić information content (AvgIpc) is 3.15. The molecule has 4 rings (SSSR count). The van der Waals surface area contributed by atoms with Gasteiger partial charge in [-0.3, -0.25) is 4.79 Å². The zero-order valence-electron chi connectivity index (χ0n) is 17.9. The highest BCUT2D eigenvalue weighted by Gasteiger charge is 2.13. The molecule has 0 unspecified atom stereocenters. The fourth-order valence-corrected chi connectivity index (χ4v) is 4.64. The molecule has 4 aromatic rings. The third-order valence-electron chi connectivity index (χ3n) is 4.95. The number of ether oxygens (including phenoxy) is 2. The molecule has 164 valence electrons. The van der Waals surface area contributed by atoms with Crippen molar-refractivity contribution in [2.75, 3.05) is 13.2 Å². The summed E-state index contributed by atoms with van der Waals surface area (Å²) in [6.07, 6.45) is 0. The van der Waals surface area contributed by atoms with Gasteiger partial charge in [-0.1, -0.05) is 47.2 Å². The lowest BCUT2D eigenvalue weighted by atomic mass is 10.2. The molecule has 3 aromatic carbocycles. The van der Waals surface area contributed by atoms with Gasteiger partial charge in [0.15, 0.2) is 4.80 Å². The number of hydrogen-bond donors (Lipinski definition) is 0. The molecule has 0 aliphatic heterocycles. The van der Waals surface area contributed by atoms with E-state index in [-0.39, 0.29) is 5.91 Å². The molecule has 0 spiro atoms. The molecule has 0 radical (unpaired) electrons. The molecule has 0 saturated carbocycles. The van der Waals surface area contributed by atoms with Crippen molar-refractivity contribution in [1.82, 2.24) is 4.57 Å². The fourth-order valence-electron chi connectivity index (χ4n) is 3.38. The largest absolute Gasteiger partial charge is 0.457 e. The molecule has 0 atom stereocenters. The van der Waals surface area contributed by atoms with E-state index in [0.29, 0.717) is 46.6 Å². The summed E-state index contributed by atoms with van der Waals surface area (Å²) in [4.78, 5) is 18.1. The second kappa shape index (κ2) is 10.1. The van der Waals surface area contributed by atoms with Gasteiger partial charge in [-0.25, -0.2) is 0 Å². The number of aryl methyl sites for hydroxylation is 1. The number of hydrogen-bond acceptors (Lipinski definition) is 4. The Morgan fingerprint density at radius 3 is 2.62 bits per heavy atom. The molecule has 0 aliphatic rings. The molecule has 1 heterocycles. The van der Waals surface area contributed by atoms with Crippen LogP contribution in [0.25, 0.3) is 10.2 Å². The summed E-state index contributed by atoms with van der Waals surface area (Å²) in [5, 5.41) is 0.684. The van der Waals surface area contributed by atoms with Crippen LogP contribution in [-0.4, -0.2) is 23.7 Å². The van der Waals surface area contributed by atoms with Gasteiger partial charge in [-0.05, 0) is 61.9 Å². The van der Waals surface area contributed by atoms with Gasteiger partial charge in [-0.15, -0.1) is 0 Å². The van der Waals surface area contributed by atoms with Crippen LogP contribution in [0, 0.1) is 6.92 Å². The summed E-state index contributed by atoms with van der Waals surface area (Å²) in [6.45, 7) is 5.67. The number of rotatable bonds is 7. The van der Waals surface area contributed by atoms with Crippen LogP contribution in [0.4, 0.5) is 0 Å². The summed E-state index contributed by atoms with van der Waals surface area (Å²) in [6, 6.07) is 20.3. The molecule has 7 heteroatoms. The number of nitrogens with zero attached hydrogens (tertiary/aromatic N) is 2. The number of carbonyl (C=O) groups excluding carboxylic acids is 1. The third-order valence-corrected chi connectivity index (χ3v) is 6.40. The molecular weight excluding hydrogens is 444 g/mol. The minimum atomic E-state index is -0.330. The summed E-state index contributed by atoms with van der Waals surface area (Å²) in [5.74, 6) is 0.962. The predicted molar refractivity (Wildman–Crippen MR) is 129 cm³/mol. The number of thiazole rings is 1. The van der Waals surface area contributed by atoms with Crippen LogP contribution in [0.15, 0.2) is 71.7 Å². The summed E-state index contributed by atoms with van der Waals surface area (Å²) >= 11 is 7.83. The van der Waals surface area contributed by atoms with Crippen LogP contribution in [0.2, 0.25) is 5.02 Å². The van der Waals surface area contributed by atoms with Crippen LogP contribution >= 0.6 is 22.9 Å². The van der Waals surface area contributed by atoms with E-state index in [1.165, 1.54) is 11.3 Å². The van der Waals surface area contributed by atoms with E-state index in [1.54, 1.807) is 18.2 Å². The smallest absolute Gasteiger partial charge is 0.279 e. The number of halogens is 1. The number of carbonyl (C=O) groups is 1. The predicted octanol–water partition coefficient (Wildman–Crippen LogP) is 6.23. The fraction of sp³-hybridized carbons (Fsp3) is 0.200. The summed E-state index contributed by atoms with van der Waals surface area (Å²) < 4.78 is 14.4. The van der Waals surface area contributed by atoms with E-state index >= 15 is 0 Å². The molecule has 0 aliphatic carbocycles. The minimum Gasteiger partial charge on any atom is -0.457 e. The Hall–Kier alpha value is -2.93. The van der Waals surface area contributed by atoms with Gasteiger partial charge >= 0.3 is 0 Å². The van der Waals surface area contributed by atoms with Crippen molar-refractivity contribution >= 4 is 39.1 Å². The second-order valence-corrected chi connectivity index (χ2v) is 8.53. The van der Waals surface area contributed by atoms with Crippen molar-refractivity contribution < 1.29 is 14.3 Å². The molecule has 0 saturated heterocycles. The monoisotopic (exact) mass is 466 g/mol. The molecule has 1 amide bonds. The lowest BCUT2D eigenvalue weighted by molar-refractivity contribution is 0.0996. The van der Waals surface area contributed by atoms with Crippen molar-refractivity contribution in [2.24, 2.45) is 4.99 Å². The maximum atomic E-state index is 13.0. The molecular formula is C25H23ClN2O3S. The quantitative estimate of drug-likeness (QED) is 0.303. The third kappa shape index (κ3) is 4.93. The van der Waals surface area contributed by atoms with Crippen molar-refractivity contribution in [3.8, 4) is 11.5 Å². The first kappa shape index (κ1) is 22.3. The van der Waals surface area contributed by atoms with E-state index in [1.807, 2.05) is 66.9 Å². The lowest BCUT2D eigenvalue weighted by Crippen LogP contribution is -2.20. The molecule has 32 heavy (non-hydrogen) atoms. The molecule has 0 fully saturated rings. The van der Waals surface area contributed by atoms with Crippen LogP contribution in [0.3, 0.4) is 0 Å². The minimum absolute atomic E-state index is 0.330. The Balaban J connectivity index is 1.71. The van der Waals surface area contributed by atoms with Crippen molar-refractivity contribution in [2.45, 2.75) is 20.4 Å². The Morgan fingerprint density at radius 1 is 1.06 bits per heavy atom. The van der Waals surface area contributed by atoms with E-state index in [4.69, 9.17) is 21.1 Å². The van der Waals surface area contributed by atoms with Crippen LogP contribution in [0.5, 0.6) is 11.5 Å². The highest BCUT2D eigenvalue weighted by molar-refractivity contribution is 7.16. The Morgan fingerprint density at radius 2 is 1.84 bits per heavy atom. The van der Waals surface area contributed by atoms with E-state index in [9.17, 15) is 4.79 Å². The maximum Gasteiger partial charge on any atom is 0.279 e. The molecule has 1 aromatic heterocycles. The van der Waals surface area contributed by atoms with E-state index in [2.05, 4.69) is 4.99 Å². The van der Waals surface area contributed by atoms with Gasteiger partial charge in [0.1, 0.15) is 11.5 Å². The van der Waals surface area contributed by atoms with E-state index < -0.39 is 0 Å². The second-order valence-electron chi connectivity index (χ2n) is 7.11. The van der Waals surface area contributed by atoms with Crippen molar-refractivity contribution in [3.05, 3.63) is 87.7 Å². The Kier molecular flexibility index (Phi) is 7.05. The van der Waals surface area contributed by atoms with Crippen LogP contribution < -0.4 is 9.54 Å². The average molecular weight is 467 g/mol. The number of benzene rings is 3. The van der Waals surface area contributed by atoms with E-state index in [0.717, 1.165) is 15.8 Å². The van der Waals surface area contributed by atoms with Gasteiger partial charge in [-0.2, -0.15) is 4.99 Å². The number of para-hydroxylation sites is 1. The molecule has 0 N–H and O–H groups in total. The topological polar surface area (TPSA) is 52.8 Å². The number of aromatic nitrogens is 1. The van der Waals surface area contributed by atoms with Crippen molar-refractivity contribution in [3.63, 3.8) is 0 Å².